The van der Waals surface area contributed by atoms with E-state index in [1.54, 1.807) is 0 Å². The molecule has 0 aliphatic rings. The van der Waals surface area contributed by atoms with Crippen molar-refractivity contribution in [2.75, 3.05) is 0 Å². The molecule has 0 aliphatic carbocycles. The summed E-state index contributed by atoms with van der Waals surface area (Å²) in [7, 11) is -5.19. The van der Waals surface area contributed by atoms with Crippen LogP contribution in [0.3, 0.4) is 0 Å². The first-order chi connectivity index (χ1) is 36.3. The fraction of sp³-hybridized carbons (Fsp3) is 0.429. The molecule has 0 amide bonds. The van der Waals surface area contributed by atoms with Gasteiger partial charge in [-0.25, -0.2) is 0 Å². The van der Waals surface area contributed by atoms with Gasteiger partial charge in [-0.1, -0.05) is 91.0 Å². The van der Waals surface area contributed by atoms with Gasteiger partial charge in [0, 0.05) is 15.9 Å². The summed E-state index contributed by atoms with van der Waals surface area (Å²) in [6, 6.07) is 3.40. The summed E-state index contributed by atoms with van der Waals surface area (Å²) in [5.41, 5.74) is -3.38. The molecule has 0 spiro atoms. The first-order valence-electron chi connectivity index (χ1n) is 20.2. The van der Waals surface area contributed by atoms with Gasteiger partial charge in [0.2, 0.25) is 0 Å². The Morgan fingerprint density at radius 3 is 0.506 bits per heavy atom. The molecular formula is C42H18F39OP. The fourth-order valence-corrected chi connectivity index (χ4v) is 8.70. The molecule has 0 saturated heterocycles. The van der Waals surface area contributed by atoms with Gasteiger partial charge in [-0.05, 0) is 34.9 Å². The summed E-state index contributed by atoms with van der Waals surface area (Å²) in [5, 5.41) is -2.81. The van der Waals surface area contributed by atoms with Gasteiger partial charge in [0.1, 0.15) is 0 Å². The number of benzene rings is 3. The second-order valence-electron chi connectivity index (χ2n) is 16.6. The number of halogens is 39. The van der Waals surface area contributed by atoms with Crippen LogP contribution >= 0.6 is 7.14 Å². The van der Waals surface area contributed by atoms with Crippen molar-refractivity contribution < 1.29 is 176 Å². The lowest BCUT2D eigenvalue weighted by atomic mass is 9.93. The van der Waals surface area contributed by atoms with E-state index in [9.17, 15) is 176 Å². The molecule has 0 fully saturated rings. The molecule has 0 aliphatic heterocycles. The van der Waals surface area contributed by atoms with Crippen molar-refractivity contribution in [3.8, 4) is 0 Å². The second kappa shape index (κ2) is 20.8. The zero-order valence-corrected chi connectivity index (χ0v) is 38.9. The molecule has 41 heteroatoms. The largest absolute Gasteiger partial charge is 0.460 e. The Bertz CT molecular complexity index is 2600. The smallest absolute Gasteiger partial charge is 0.309 e. The van der Waals surface area contributed by atoms with Crippen molar-refractivity contribution in [3.63, 3.8) is 0 Å². The van der Waals surface area contributed by atoms with Gasteiger partial charge >= 0.3 is 107 Å². The molecule has 0 aromatic heterocycles. The van der Waals surface area contributed by atoms with Gasteiger partial charge in [0.25, 0.3) is 0 Å². The molecule has 3 aromatic rings. The van der Waals surface area contributed by atoms with Crippen molar-refractivity contribution in [3.05, 3.63) is 108 Å². The molecule has 83 heavy (non-hydrogen) atoms. The molecule has 3 rings (SSSR count). The highest BCUT2D eigenvalue weighted by atomic mass is 31.2. The summed E-state index contributed by atoms with van der Waals surface area (Å²) >= 11 is 0. The normalized spacial score (nSPS) is 16.6. The minimum absolute atomic E-state index is 0.240. The molecule has 0 radical (unpaired) electrons. The molecule has 0 unspecified atom stereocenters. The zero-order valence-electron chi connectivity index (χ0n) is 38.0. The van der Waals surface area contributed by atoms with Gasteiger partial charge in [0.15, 0.2) is 7.14 Å². The maximum absolute atomic E-state index is 15.0. The highest BCUT2D eigenvalue weighted by molar-refractivity contribution is 7.85. The van der Waals surface area contributed by atoms with Crippen LogP contribution in [0.2, 0.25) is 0 Å². The van der Waals surface area contributed by atoms with E-state index in [1.165, 1.54) is 0 Å². The molecule has 3 aromatic carbocycles. The van der Waals surface area contributed by atoms with Gasteiger partial charge in [-0.15, -0.1) is 0 Å². The topological polar surface area (TPSA) is 17.1 Å². The minimum atomic E-state index is -8.35. The van der Waals surface area contributed by atoms with Crippen molar-refractivity contribution in [1.29, 1.82) is 0 Å². The lowest BCUT2D eigenvalue weighted by Crippen LogP contribution is -2.69. The maximum atomic E-state index is 15.0. The molecule has 0 bridgehead atoms. The van der Waals surface area contributed by atoms with E-state index in [0.717, 1.165) is 0 Å². The van der Waals surface area contributed by atoms with E-state index in [-0.39, 0.29) is 36.4 Å². The van der Waals surface area contributed by atoms with Crippen molar-refractivity contribution in [2.24, 2.45) is 0 Å². The van der Waals surface area contributed by atoms with Gasteiger partial charge in [0.05, 0.1) is 0 Å². The molecule has 0 heterocycles. The lowest BCUT2D eigenvalue weighted by Gasteiger charge is -2.39. The Labute approximate surface area is 432 Å². The first-order valence-corrected chi connectivity index (χ1v) is 21.9. The van der Waals surface area contributed by atoms with E-state index in [2.05, 4.69) is 0 Å². The van der Waals surface area contributed by atoms with E-state index in [1.807, 2.05) is 0 Å². The summed E-state index contributed by atoms with van der Waals surface area (Å²) < 4.78 is 544. The Morgan fingerprint density at radius 1 is 0.217 bits per heavy atom. The Kier molecular flexibility index (Phi) is 18.0. The third-order valence-corrected chi connectivity index (χ3v) is 14.2. The van der Waals surface area contributed by atoms with Crippen LogP contribution < -0.4 is 15.9 Å². The lowest BCUT2D eigenvalue weighted by molar-refractivity contribution is -0.436. The van der Waals surface area contributed by atoms with Crippen LogP contribution in [0.15, 0.2) is 91.0 Å². The maximum Gasteiger partial charge on any atom is 0.460 e. The number of hydrogen-bond donors (Lipinski definition) is 0. The molecule has 0 saturated carbocycles. The standard InChI is InChI=1S/C42H18F39OP/c43-25(44,28(49,50)31(55,56)34(61,62)37(67,68)40(73,74)75)16-13-19-1-7-22(8-2-19)83(82,23-9-3-20(4-10-23)14-17-26(45,46)29(51,52)32(57,58)35(63,64)38(69,70)41(76,77)78)24-11-5-21(6-12-24)15-18-27(47,48)30(53,54)33(59,60)36(65,66)39(71,72)42(79,80)81/h1-18H. The number of hydrogen-bond acceptors (Lipinski definition) is 1. The quantitative estimate of drug-likeness (QED) is 0.0767. The number of allylic oxidation sites excluding steroid dienone is 3. The minimum Gasteiger partial charge on any atom is -0.309 e. The summed E-state index contributed by atoms with van der Waals surface area (Å²) in [6.45, 7) is 0. The number of alkyl halides is 39. The van der Waals surface area contributed by atoms with Crippen LogP contribution in [-0.2, 0) is 4.57 Å². The van der Waals surface area contributed by atoms with Crippen LogP contribution in [-0.4, -0.2) is 107 Å². The number of rotatable bonds is 21. The summed E-state index contributed by atoms with van der Waals surface area (Å²) in [6.07, 6.45) is -29.4. The predicted octanol–water partition coefficient (Wildman–Crippen LogP) is 17.6. The van der Waals surface area contributed by atoms with E-state index < -0.39 is 184 Å². The molecule has 0 N–H and O–H groups in total. The molecule has 470 valence electrons. The highest BCUT2D eigenvalue weighted by Gasteiger charge is 2.93. The molecule has 0 atom stereocenters. The fourth-order valence-electron chi connectivity index (χ4n) is 6.09. The average Bonchev–Trinajstić information content (AvgIpc) is 3.36. The van der Waals surface area contributed by atoms with Gasteiger partial charge in [-0.2, -0.15) is 171 Å². The Morgan fingerprint density at radius 2 is 0.361 bits per heavy atom. The summed E-state index contributed by atoms with van der Waals surface area (Å²) in [4.78, 5) is 0. The van der Waals surface area contributed by atoms with E-state index in [0.29, 0.717) is 36.4 Å². The van der Waals surface area contributed by atoms with Crippen LogP contribution in [0.1, 0.15) is 16.7 Å². The van der Waals surface area contributed by atoms with Crippen LogP contribution in [0, 0.1) is 0 Å². The molecule has 1 nitrogen and oxygen atoms in total. The van der Waals surface area contributed by atoms with Gasteiger partial charge in [-0.3, -0.25) is 0 Å². The SMILES string of the molecule is O=P(c1ccc(C=CC(F)(F)C(F)(F)C(F)(F)C(F)(F)C(F)(F)C(F)(F)F)cc1)(c1ccc(C=CC(F)(F)C(F)(F)C(F)(F)C(F)(F)C(F)(F)C(F)(F)F)cc1)c1ccc(C=CC(F)(F)C(F)(F)C(F)(F)C(F)(F)C(F)(F)C(F)(F)F)cc1. The Hall–Kier alpha value is -5.62. The van der Waals surface area contributed by atoms with Crippen LogP contribution in [0.5, 0.6) is 0 Å². The monoisotopic (exact) mass is 1310 g/mol. The van der Waals surface area contributed by atoms with E-state index in [4.69, 9.17) is 0 Å². The Balaban J connectivity index is 2.24. The second-order valence-corrected chi connectivity index (χ2v) is 19.4. The zero-order chi connectivity index (χ0) is 65.7. The third kappa shape index (κ3) is 11.1. The van der Waals surface area contributed by atoms with Crippen molar-refractivity contribution in [1.82, 2.24) is 0 Å². The van der Waals surface area contributed by atoms with Crippen LogP contribution in [0.4, 0.5) is 171 Å². The average molecular weight is 1310 g/mol. The highest BCUT2D eigenvalue weighted by Crippen LogP contribution is 2.64. The van der Waals surface area contributed by atoms with Crippen molar-refractivity contribution in [2.45, 2.75) is 107 Å². The summed E-state index contributed by atoms with van der Waals surface area (Å²) in [5.74, 6) is -119. The molecular weight excluding hydrogens is 1290 g/mol. The van der Waals surface area contributed by atoms with E-state index >= 15 is 0 Å². The van der Waals surface area contributed by atoms with Crippen LogP contribution in [0.25, 0.3) is 18.2 Å². The predicted molar refractivity (Wildman–Crippen MR) is 205 cm³/mol. The van der Waals surface area contributed by atoms with Crippen molar-refractivity contribution >= 4 is 41.3 Å². The first kappa shape index (κ1) is 71.6. The van der Waals surface area contributed by atoms with Gasteiger partial charge < -0.3 is 4.57 Å². The third-order valence-electron chi connectivity index (χ3n) is 11.1.